The van der Waals surface area contributed by atoms with Crippen LogP contribution in [0.5, 0.6) is 5.75 Å². The molecule has 1 aliphatic rings. The smallest absolute Gasteiger partial charge is 0.235 e. The molecule has 1 atom stereocenters. The van der Waals surface area contributed by atoms with Crippen LogP contribution in [-0.4, -0.2) is 28.0 Å². The van der Waals surface area contributed by atoms with E-state index in [1.54, 1.807) is 16.4 Å². The Balaban J connectivity index is 2.05. The molecule has 6 heteroatoms. The van der Waals surface area contributed by atoms with Crippen molar-refractivity contribution >= 4 is 23.5 Å². The number of hydrogen-bond acceptors (Lipinski definition) is 4. The second-order valence-corrected chi connectivity index (χ2v) is 7.55. The molecule has 1 amide bonds. The SMILES string of the molecule is Cc1nn(C)c2c1[C@H](c1ccccc1OCC(C)C)SCC(=O)N2. The number of carbonyl (C=O) groups is 1. The van der Waals surface area contributed by atoms with E-state index in [0.29, 0.717) is 18.3 Å². The highest BCUT2D eigenvalue weighted by Gasteiger charge is 2.31. The quantitative estimate of drug-likeness (QED) is 0.921. The predicted octanol–water partition coefficient (Wildman–Crippen LogP) is 3.54. The number of anilines is 1. The molecule has 0 saturated carbocycles. The number of nitrogens with one attached hydrogen (secondary N) is 1. The van der Waals surface area contributed by atoms with Gasteiger partial charge in [-0.1, -0.05) is 32.0 Å². The van der Waals surface area contributed by atoms with E-state index in [0.717, 1.165) is 28.4 Å². The minimum Gasteiger partial charge on any atom is -0.493 e. The number of aromatic nitrogens is 2. The Morgan fingerprint density at radius 3 is 2.92 bits per heavy atom. The molecule has 1 aromatic carbocycles. The van der Waals surface area contributed by atoms with Crippen LogP contribution in [0, 0.1) is 12.8 Å². The van der Waals surface area contributed by atoms with E-state index in [1.165, 1.54) is 0 Å². The lowest BCUT2D eigenvalue weighted by Crippen LogP contribution is -2.15. The lowest BCUT2D eigenvalue weighted by molar-refractivity contribution is -0.113. The second kappa shape index (κ2) is 6.89. The van der Waals surface area contributed by atoms with Crippen LogP contribution in [0.25, 0.3) is 0 Å². The molecule has 2 heterocycles. The summed E-state index contributed by atoms with van der Waals surface area (Å²) >= 11 is 1.62. The number of carbonyl (C=O) groups excluding carboxylic acids is 1. The van der Waals surface area contributed by atoms with Crippen molar-refractivity contribution in [2.45, 2.75) is 26.0 Å². The van der Waals surface area contributed by atoms with Crippen LogP contribution in [0.4, 0.5) is 5.82 Å². The van der Waals surface area contributed by atoms with Crippen molar-refractivity contribution in [1.29, 1.82) is 0 Å². The molecule has 2 aromatic rings. The van der Waals surface area contributed by atoms with Crippen molar-refractivity contribution in [2.24, 2.45) is 13.0 Å². The molecule has 1 N–H and O–H groups in total. The van der Waals surface area contributed by atoms with E-state index in [-0.39, 0.29) is 11.2 Å². The number of fused-ring (bicyclic) bond motifs is 1. The summed E-state index contributed by atoms with van der Waals surface area (Å²) in [5.74, 6) is 2.54. The molecule has 0 radical (unpaired) electrons. The van der Waals surface area contributed by atoms with Gasteiger partial charge in [-0.2, -0.15) is 5.10 Å². The summed E-state index contributed by atoms with van der Waals surface area (Å²) in [5.41, 5.74) is 3.09. The van der Waals surface area contributed by atoms with Gasteiger partial charge in [-0.05, 0) is 18.9 Å². The summed E-state index contributed by atoms with van der Waals surface area (Å²) in [6.07, 6.45) is 0. The van der Waals surface area contributed by atoms with Crippen LogP contribution in [-0.2, 0) is 11.8 Å². The van der Waals surface area contributed by atoms with Crippen molar-refractivity contribution in [3.63, 3.8) is 0 Å². The maximum absolute atomic E-state index is 12.1. The molecule has 0 bridgehead atoms. The summed E-state index contributed by atoms with van der Waals surface area (Å²) < 4.78 is 7.78. The number of rotatable bonds is 4. The molecule has 1 aliphatic heterocycles. The number of para-hydroxylation sites is 1. The first-order valence-electron chi connectivity index (χ1n) is 8.14. The number of benzene rings is 1. The van der Waals surface area contributed by atoms with Gasteiger partial charge in [-0.3, -0.25) is 9.48 Å². The van der Waals surface area contributed by atoms with Gasteiger partial charge in [0.15, 0.2) is 0 Å². The molecule has 0 spiro atoms. The van der Waals surface area contributed by atoms with E-state index in [4.69, 9.17) is 4.74 Å². The van der Waals surface area contributed by atoms with E-state index < -0.39 is 0 Å². The summed E-state index contributed by atoms with van der Waals surface area (Å²) in [5, 5.41) is 7.50. The highest BCUT2D eigenvalue weighted by Crippen LogP contribution is 2.45. The fraction of sp³-hybridized carbons (Fsp3) is 0.444. The highest BCUT2D eigenvalue weighted by molar-refractivity contribution is 8.00. The molecular formula is C18H23N3O2S. The third-order valence-electron chi connectivity index (χ3n) is 3.94. The number of nitrogens with zero attached hydrogens (tertiary/aromatic N) is 2. The van der Waals surface area contributed by atoms with Gasteiger partial charge < -0.3 is 10.1 Å². The molecule has 0 fully saturated rings. The molecule has 0 saturated heterocycles. The molecule has 24 heavy (non-hydrogen) atoms. The number of aryl methyl sites for hydroxylation is 2. The number of thioether (sulfide) groups is 1. The average molecular weight is 345 g/mol. The molecule has 3 rings (SSSR count). The van der Waals surface area contributed by atoms with Gasteiger partial charge in [0, 0.05) is 18.2 Å². The normalized spacial score (nSPS) is 17.4. The third-order valence-corrected chi connectivity index (χ3v) is 5.20. The molecular weight excluding hydrogens is 322 g/mol. The first-order valence-corrected chi connectivity index (χ1v) is 9.19. The van der Waals surface area contributed by atoms with Crippen LogP contribution < -0.4 is 10.1 Å². The zero-order chi connectivity index (χ0) is 17.3. The van der Waals surface area contributed by atoms with Crippen LogP contribution in [0.3, 0.4) is 0 Å². The lowest BCUT2D eigenvalue weighted by Gasteiger charge is -2.20. The van der Waals surface area contributed by atoms with Crippen LogP contribution in [0.2, 0.25) is 0 Å². The van der Waals surface area contributed by atoms with E-state index in [9.17, 15) is 4.79 Å². The van der Waals surface area contributed by atoms with Gasteiger partial charge in [0.2, 0.25) is 5.91 Å². The van der Waals surface area contributed by atoms with Gasteiger partial charge in [0.1, 0.15) is 11.6 Å². The van der Waals surface area contributed by atoms with Crippen molar-refractivity contribution < 1.29 is 9.53 Å². The number of ether oxygens (including phenoxy) is 1. The van der Waals surface area contributed by atoms with E-state index in [2.05, 4.69) is 30.3 Å². The molecule has 1 aromatic heterocycles. The Labute approximate surface area is 146 Å². The summed E-state index contributed by atoms with van der Waals surface area (Å²) in [4.78, 5) is 12.1. The Bertz CT molecular complexity index is 755. The van der Waals surface area contributed by atoms with Gasteiger partial charge in [-0.15, -0.1) is 11.8 Å². The fourth-order valence-electron chi connectivity index (χ4n) is 2.88. The van der Waals surface area contributed by atoms with Crippen molar-refractivity contribution in [3.8, 4) is 5.75 Å². The summed E-state index contributed by atoms with van der Waals surface area (Å²) in [7, 11) is 1.86. The Hall–Kier alpha value is -1.95. The summed E-state index contributed by atoms with van der Waals surface area (Å²) in [6, 6.07) is 8.09. The number of amides is 1. The highest BCUT2D eigenvalue weighted by atomic mass is 32.2. The average Bonchev–Trinajstić information content (AvgIpc) is 2.71. The Morgan fingerprint density at radius 1 is 1.42 bits per heavy atom. The van der Waals surface area contributed by atoms with Crippen LogP contribution in [0.1, 0.15) is 35.9 Å². The monoisotopic (exact) mass is 345 g/mol. The maximum atomic E-state index is 12.1. The Morgan fingerprint density at radius 2 is 2.17 bits per heavy atom. The van der Waals surface area contributed by atoms with Crippen molar-refractivity contribution in [2.75, 3.05) is 17.7 Å². The molecule has 0 aliphatic carbocycles. The van der Waals surface area contributed by atoms with Crippen LogP contribution >= 0.6 is 11.8 Å². The topological polar surface area (TPSA) is 56.2 Å². The first-order chi connectivity index (χ1) is 11.5. The molecule has 0 unspecified atom stereocenters. The lowest BCUT2D eigenvalue weighted by atomic mass is 10.0. The fourth-order valence-corrected chi connectivity index (χ4v) is 4.09. The minimum atomic E-state index is 0.00679. The van der Waals surface area contributed by atoms with Crippen LogP contribution in [0.15, 0.2) is 24.3 Å². The zero-order valence-corrected chi connectivity index (χ0v) is 15.3. The Kier molecular flexibility index (Phi) is 4.85. The first kappa shape index (κ1) is 16.9. The van der Waals surface area contributed by atoms with Crippen molar-refractivity contribution in [3.05, 3.63) is 41.1 Å². The van der Waals surface area contributed by atoms with E-state index in [1.807, 2.05) is 32.2 Å². The molecule has 128 valence electrons. The third kappa shape index (κ3) is 3.29. The standard InChI is InChI=1S/C18H23N3O2S/c1-11(2)9-23-14-8-6-5-7-13(14)17-16-12(3)20-21(4)18(16)19-15(22)10-24-17/h5-8,11,17H,9-10H2,1-4H3,(H,19,22)/t17-/m0/s1. The summed E-state index contributed by atoms with van der Waals surface area (Å²) in [6.45, 7) is 6.93. The molecule has 5 nitrogen and oxygen atoms in total. The second-order valence-electron chi connectivity index (χ2n) is 6.45. The van der Waals surface area contributed by atoms with Gasteiger partial charge in [0.25, 0.3) is 0 Å². The van der Waals surface area contributed by atoms with Gasteiger partial charge in [0.05, 0.1) is 23.3 Å². The van der Waals surface area contributed by atoms with Gasteiger partial charge >= 0.3 is 0 Å². The largest absolute Gasteiger partial charge is 0.493 e. The zero-order valence-electron chi connectivity index (χ0n) is 14.5. The predicted molar refractivity (Wildman–Crippen MR) is 97.7 cm³/mol. The van der Waals surface area contributed by atoms with E-state index >= 15 is 0 Å². The van der Waals surface area contributed by atoms with Gasteiger partial charge in [-0.25, -0.2) is 0 Å². The maximum Gasteiger partial charge on any atom is 0.235 e. The van der Waals surface area contributed by atoms with Crippen molar-refractivity contribution in [1.82, 2.24) is 9.78 Å². The minimum absolute atomic E-state index is 0.00679. The number of hydrogen-bond donors (Lipinski definition) is 1.